The van der Waals surface area contributed by atoms with E-state index in [-0.39, 0.29) is 6.29 Å². The molecule has 0 unspecified atom stereocenters. The van der Waals surface area contributed by atoms with Crippen LogP contribution in [0.2, 0.25) is 0 Å². The molecule has 0 saturated heterocycles. The van der Waals surface area contributed by atoms with Gasteiger partial charge in [0.15, 0.2) is 17.8 Å². The van der Waals surface area contributed by atoms with Crippen LogP contribution in [0.5, 0.6) is 11.5 Å². The Hall–Kier alpha value is -1.26. The number of ether oxygens (including phenoxy) is 4. The maximum absolute atomic E-state index is 5.52. The van der Waals surface area contributed by atoms with Gasteiger partial charge in [-0.15, -0.1) is 0 Å². The molecule has 4 nitrogen and oxygen atoms in total. The van der Waals surface area contributed by atoms with Gasteiger partial charge in [-0.1, -0.05) is 6.07 Å². The van der Waals surface area contributed by atoms with E-state index in [0.717, 1.165) is 5.56 Å². The quantitative estimate of drug-likeness (QED) is 0.687. The summed E-state index contributed by atoms with van der Waals surface area (Å²) in [6, 6.07) is 5.63. The summed E-state index contributed by atoms with van der Waals surface area (Å²) in [5.41, 5.74) is 0.923. The van der Waals surface area contributed by atoms with Crippen LogP contribution in [0.1, 0.15) is 25.7 Å². The molecule has 0 saturated carbocycles. The summed E-state index contributed by atoms with van der Waals surface area (Å²) in [5.74, 6) is 1.37. The predicted molar refractivity (Wildman–Crippen MR) is 65.5 cm³/mol. The first-order valence-corrected chi connectivity index (χ1v) is 5.71. The lowest BCUT2D eigenvalue weighted by atomic mass is 10.2. The number of hydrogen-bond donors (Lipinski definition) is 0. The monoisotopic (exact) mass is 240 g/mol. The summed E-state index contributed by atoms with van der Waals surface area (Å²) >= 11 is 0. The number of hydrogen-bond acceptors (Lipinski definition) is 4. The van der Waals surface area contributed by atoms with Crippen molar-refractivity contribution in [2.75, 3.05) is 27.4 Å². The first-order chi connectivity index (χ1) is 8.26. The van der Waals surface area contributed by atoms with Crippen molar-refractivity contribution in [2.24, 2.45) is 0 Å². The summed E-state index contributed by atoms with van der Waals surface area (Å²) < 4.78 is 21.5. The van der Waals surface area contributed by atoms with Gasteiger partial charge in [0.1, 0.15) is 0 Å². The first-order valence-electron chi connectivity index (χ1n) is 5.71. The molecule has 0 fully saturated rings. The van der Waals surface area contributed by atoms with Crippen LogP contribution in [0, 0.1) is 0 Å². The lowest BCUT2D eigenvalue weighted by Crippen LogP contribution is -2.09. The second kappa shape index (κ2) is 7.14. The Balaban J connectivity index is 2.94. The number of methoxy groups -OCH3 is 2. The van der Waals surface area contributed by atoms with Crippen LogP contribution in [0.4, 0.5) is 0 Å². The highest BCUT2D eigenvalue weighted by Gasteiger charge is 2.14. The van der Waals surface area contributed by atoms with Gasteiger partial charge in [-0.2, -0.15) is 0 Å². The smallest absolute Gasteiger partial charge is 0.183 e. The van der Waals surface area contributed by atoms with Crippen molar-refractivity contribution in [3.8, 4) is 11.5 Å². The van der Waals surface area contributed by atoms with E-state index in [1.165, 1.54) is 0 Å². The molecule has 1 rings (SSSR count). The van der Waals surface area contributed by atoms with Gasteiger partial charge in [-0.3, -0.25) is 0 Å². The maximum Gasteiger partial charge on any atom is 0.183 e. The van der Waals surface area contributed by atoms with E-state index in [1.54, 1.807) is 14.2 Å². The second-order valence-corrected chi connectivity index (χ2v) is 3.36. The minimum absolute atomic E-state index is 0.357. The fourth-order valence-electron chi connectivity index (χ4n) is 1.54. The standard InChI is InChI=1S/C13H20O4/c1-5-16-13(17-6-2)10-7-8-11(14-3)12(9-10)15-4/h7-9,13H,5-6H2,1-4H3. The van der Waals surface area contributed by atoms with E-state index in [1.807, 2.05) is 32.0 Å². The van der Waals surface area contributed by atoms with Crippen LogP contribution >= 0.6 is 0 Å². The van der Waals surface area contributed by atoms with Crippen molar-refractivity contribution < 1.29 is 18.9 Å². The SMILES string of the molecule is CCOC(OCC)c1ccc(OC)c(OC)c1. The van der Waals surface area contributed by atoms with Crippen LogP contribution in [-0.4, -0.2) is 27.4 Å². The summed E-state index contributed by atoms with van der Waals surface area (Å²) in [7, 11) is 3.22. The van der Waals surface area contributed by atoms with Crippen molar-refractivity contribution in [3.05, 3.63) is 23.8 Å². The molecule has 0 amide bonds. The zero-order valence-corrected chi connectivity index (χ0v) is 10.9. The molecular weight excluding hydrogens is 220 g/mol. The fraction of sp³-hybridized carbons (Fsp3) is 0.538. The average Bonchev–Trinajstić information content (AvgIpc) is 2.37. The lowest BCUT2D eigenvalue weighted by Gasteiger charge is -2.18. The average molecular weight is 240 g/mol. The predicted octanol–water partition coefficient (Wildman–Crippen LogP) is 2.78. The Morgan fingerprint density at radius 1 is 0.941 bits per heavy atom. The Bertz CT molecular complexity index is 332. The van der Waals surface area contributed by atoms with Crippen LogP contribution in [0.25, 0.3) is 0 Å². The topological polar surface area (TPSA) is 36.9 Å². The molecule has 17 heavy (non-hydrogen) atoms. The van der Waals surface area contributed by atoms with Crippen molar-refractivity contribution >= 4 is 0 Å². The van der Waals surface area contributed by atoms with Gasteiger partial charge in [-0.05, 0) is 26.0 Å². The van der Waals surface area contributed by atoms with Gasteiger partial charge in [-0.25, -0.2) is 0 Å². The van der Waals surface area contributed by atoms with Crippen LogP contribution in [0.15, 0.2) is 18.2 Å². The third-order valence-electron chi connectivity index (χ3n) is 2.32. The molecule has 96 valence electrons. The lowest BCUT2D eigenvalue weighted by molar-refractivity contribution is -0.140. The highest BCUT2D eigenvalue weighted by Crippen LogP contribution is 2.31. The molecular formula is C13H20O4. The van der Waals surface area contributed by atoms with Gasteiger partial charge in [0.2, 0.25) is 0 Å². The zero-order chi connectivity index (χ0) is 12.7. The highest BCUT2D eigenvalue weighted by molar-refractivity contribution is 5.43. The summed E-state index contributed by atoms with van der Waals surface area (Å²) in [5, 5.41) is 0. The molecule has 0 spiro atoms. The van der Waals surface area contributed by atoms with Crippen LogP contribution in [-0.2, 0) is 9.47 Å². The molecule has 1 aromatic rings. The number of rotatable bonds is 7. The summed E-state index contributed by atoms with van der Waals surface area (Å²) in [6.45, 7) is 5.07. The molecule has 0 heterocycles. The normalized spacial score (nSPS) is 10.6. The zero-order valence-electron chi connectivity index (χ0n) is 10.9. The molecule has 0 aliphatic heterocycles. The highest BCUT2D eigenvalue weighted by atomic mass is 16.7. The first kappa shape index (κ1) is 13.8. The van der Waals surface area contributed by atoms with Gasteiger partial charge in [0, 0.05) is 18.8 Å². The minimum Gasteiger partial charge on any atom is -0.493 e. The minimum atomic E-state index is -0.357. The largest absolute Gasteiger partial charge is 0.493 e. The van der Waals surface area contributed by atoms with E-state index in [2.05, 4.69) is 0 Å². The molecule has 1 aromatic carbocycles. The molecule has 0 aliphatic carbocycles. The Morgan fingerprint density at radius 3 is 2.00 bits per heavy atom. The Kier molecular flexibility index (Phi) is 5.80. The molecule has 0 radical (unpaired) electrons. The van der Waals surface area contributed by atoms with Crippen molar-refractivity contribution in [2.45, 2.75) is 20.1 Å². The van der Waals surface area contributed by atoms with Crippen LogP contribution < -0.4 is 9.47 Å². The molecule has 0 atom stereocenters. The fourth-order valence-corrected chi connectivity index (χ4v) is 1.54. The van der Waals surface area contributed by atoms with Gasteiger partial charge >= 0.3 is 0 Å². The second-order valence-electron chi connectivity index (χ2n) is 3.36. The van der Waals surface area contributed by atoms with E-state index in [4.69, 9.17) is 18.9 Å². The van der Waals surface area contributed by atoms with E-state index < -0.39 is 0 Å². The summed E-state index contributed by atoms with van der Waals surface area (Å²) in [4.78, 5) is 0. The Labute approximate surface area is 102 Å². The Morgan fingerprint density at radius 2 is 1.53 bits per heavy atom. The van der Waals surface area contributed by atoms with E-state index >= 15 is 0 Å². The third-order valence-corrected chi connectivity index (χ3v) is 2.32. The maximum atomic E-state index is 5.52. The molecule has 0 aromatic heterocycles. The molecule has 0 aliphatic rings. The van der Waals surface area contributed by atoms with Crippen LogP contribution in [0.3, 0.4) is 0 Å². The summed E-state index contributed by atoms with van der Waals surface area (Å²) in [6.07, 6.45) is -0.357. The number of benzene rings is 1. The van der Waals surface area contributed by atoms with Crippen molar-refractivity contribution in [1.82, 2.24) is 0 Å². The molecule has 0 N–H and O–H groups in total. The van der Waals surface area contributed by atoms with Crippen molar-refractivity contribution in [3.63, 3.8) is 0 Å². The van der Waals surface area contributed by atoms with Gasteiger partial charge in [0.05, 0.1) is 14.2 Å². The molecule has 0 bridgehead atoms. The van der Waals surface area contributed by atoms with Gasteiger partial charge in [0.25, 0.3) is 0 Å². The van der Waals surface area contributed by atoms with Gasteiger partial charge < -0.3 is 18.9 Å². The third kappa shape index (κ3) is 3.61. The van der Waals surface area contributed by atoms with E-state index in [9.17, 15) is 0 Å². The molecule has 4 heteroatoms. The van der Waals surface area contributed by atoms with E-state index in [0.29, 0.717) is 24.7 Å². The van der Waals surface area contributed by atoms with Crippen molar-refractivity contribution in [1.29, 1.82) is 0 Å².